The van der Waals surface area contributed by atoms with Crippen molar-refractivity contribution < 1.29 is 13.2 Å². The number of hydrogen-bond donors (Lipinski definition) is 1. The highest BCUT2D eigenvalue weighted by molar-refractivity contribution is 7.89. The zero-order valence-electron chi connectivity index (χ0n) is 13.5. The van der Waals surface area contributed by atoms with Gasteiger partial charge in [-0.2, -0.15) is 4.31 Å². The van der Waals surface area contributed by atoms with E-state index < -0.39 is 15.9 Å². The zero-order chi connectivity index (χ0) is 17.7. The van der Waals surface area contributed by atoms with Crippen molar-refractivity contribution in [3.05, 3.63) is 77.9 Å². The molecule has 5 nitrogen and oxygen atoms in total. The Hall–Kier alpha value is -2.44. The van der Waals surface area contributed by atoms with Gasteiger partial charge in [-0.15, -0.1) is 6.58 Å². The Bertz CT molecular complexity index is 826. The van der Waals surface area contributed by atoms with Gasteiger partial charge in [-0.25, -0.2) is 8.42 Å². The second-order valence-electron chi connectivity index (χ2n) is 5.46. The van der Waals surface area contributed by atoms with Crippen LogP contribution >= 0.6 is 0 Å². The topological polar surface area (TPSA) is 80.5 Å². The van der Waals surface area contributed by atoms with Crippen LogP contribution in [0.25, 0.3) is 0 Å². The molecule has 0 saturated carbocycles. The Kier molecular flexibility index (Phi) is 5.54. The van der Waals surface area contributed by atoms with Crippen molar-refractivity contribution in [1.29, 1.82) is 0 Å². The maximum atomic E-state index is 12.8. The van der Waals surface area contributed by atoms with Gasteiger partial charge in [0.2, 0.25) is 15.9 Å². The lowest BCUT2D eigenvalue weighted by molar-refractivity contribution is 0.1000. The average molecular weight is 344 g/mol. The molecule has 0 aliphatic carbocycles. The van der Waals surface area contributed by atoms with Gasteiger partial charge in [-0.05, 0) is 36.8 Å². The second kappa shape index (κ2) is 7.42. The van der Waals surface area contributed by atoms with Crippen LogP contribution in [0.5, 0.6) is 0 Å². The SMILES string of the molecule is C=CCN(Cc1ccc(C(N)=O)cc1)S(=O)(=O)c1ccc(C)cc1. The van der Waals surface area contributed by atoms with Crippen molar-refractivity contribution in [3.63, 3.8) is 0 Å². The Morgan fingerprint density at radius 3 is 2.21 bits per heavy atom. The number of sulfonamides is 1. The van der Waals surface area contributed by atoms with E-state index >= 15 is 0 Å². The van der Waals surface area contributed by atoms with Crippen LogP contribution in [0, 0.1) is 6.92 Å². The number of benzene rings is 2. The fourth-order valence-electron chi connectivity index (χ4n) is 2.23. The van der Waals surface area contributed by atoms with Gasteiger partial charge >= 0.3 is 0 Å². The maximum Gasteiger partial charge on any atom is 0.248 e. The monoisotopic (exact) mass is 344 g/mol. The van der Waals surface area contributed by atoms with Gasteiger partial charge in [0.25, 0.3) is 0 Å². The van der Waals surface area contributed by atoms with Crippen LogP contribution in [0.15, 0.2) is 66.1 Å². The summed E-state index contributed by atoms with van der Waals surface area (Å²) >= 11 is 0. The Labute approximate surface area is 142 Å². The van der Waals surface area contributed by atoms with Gasteiger partial charge in [0.15, 0.2) is 0 Å². The lowest BCUT2D eigenvalue weighted by Gasteiger charge is -2.21. The van der Waals surface area contributed by atoms with E-state index in [2.05, 4.69) is 6.58 Å². The molecule has 0 aliphatic heterocycles. The first-order valence-electron chi connectivity index (χ1n) is 7.41. The molecule has 0 aromatic heterocycles. The van der Waals surface area contributed by atoms with Crippen LogP contribution < -0.4 is 5.73 Å². The van der Waals surface area contributed by atoms with Crippen LogP contribution in [-0.4, -0.2) is 25.2 Å². The second-order valence-corrected chi connectivity index (χ2v) is 7.40. The minimum Gasteiger partial charge on any atom is -0.366 e. The fourth-order valence-corrected chi connectivity index (χ4v) is 3.63. The van der Waals surface area contributed by atoms with E-state index in [4.69, 9.17) is 5.73 Å². The lowest BCUT2D eigenvalue weighted by Crippen LogP contribution is -2.30. The molecule has 6 heteroatoms. The van der Waals surface area contributed by atoms with Crippen molar-refractivity contribution >= 4 is 15.9 Å². The van der Waals surface area contributed by atoms with Gasteiger partial charge in [0.1, 0.15) is 0 Å². The minimum atomic E-state index is -3.63. The highest BCUT2D eigenvalue weighted by atomic mass is 32.2. The normalized spacial score (nSPS) is 11.4. The van der Waals surface area contributed by atoms with E-state index in [9.17, 15) is 13.2 Å². The number of rotatable bonds is 7. The third kappa shape index (κ3) is 4.10. The van der Waals surface area contributed by atoms with Crippen LogP contribution in [0.1, 0.15) is 21.5 Å². The largest absolute Gasteiger partial charge is 0.366 e. The van der Waals surface area contributed by atoms with Crippen molar-refractivity contribution in [1.82, 2.24) is 4.31 Å². The predicted octanol–water partition coefficient (Wildman–Crippen LogP) is 2.47. The summed E-state index contributed by atoms with van der Waals surface area (Å²) in [7, 11) is -3.63. The molecule has 1 amide bonds. The number of primary amides is 1. The molecule has 24 heavy (non-hydrogen) atoms. The standard InChI is InChI=1S/C18H20N2O3S/c1-3-12-20(13-15-6-8-16(9-7-15)18(19)21)24(22,23)17-10-4-14(2)5-11-17/h3-11H,1,12-13H2,2H3,(H2,19,21). The number of nitrogens with zero attached hydrogens (tertiary/aromatic N) is 1. The first kappa shape index (κ1) is 17.9. The number of hydrogen-bond acceptors (Lipinski definition) is 3. The molecule has 2 rings (SSSR count). The molecule has 0 radical (unpaired) electrons. The molecule has 0 aliphatic rings. The first-order chi connectivity index (χ1) is 11.3. The smallest absolute Gasteiger partial charge is 0.248 e. The van der Waals surface area contributed by atoms with Gasteiger partial charge in [0, 0.05) is 18.7 Å². The van der Waals surface area contributed by atoms with Crippen molar-refractivity contribution in [2.45, 2.75) is 18.4 Å². The molecule has 126 valence electrons. The minimum absolute atomic E-state index is 0.182. The molecular weight excluding hydrogens is 324 g/mol. The third-order valence-corrected chi connectivity index (χ3v) is 5.41. The number of carbonyl (C=O) groups excluding carboxylic acids is 1. The summed E-state index contributed by atoms with van der Waals surface area (Å²) in [5.41, 5.74) is 7.35. The summed E-state index contributed by atoms with van der Waals surface area (Å²) in [6.45, 7) is 5.90. The molecule has 0 unspecified atom stereocenters. The Balaban J connectivity index is 2.29. The first-order valence-corrected chi connectivity index (χ1v) is 8.85. The number of carbonyl (C=O) groups is 1. The number of amides is 1. The summed E-state index contributed by atoms with van der Waals surface area (Å²) in [5.74, 6) is -0.517. The van der Waals surface area contributed by atoms with Gasteiger partial charge in [-0.3, -0.25) is 4.79 Å². The molecule has 0 saturated heterocycles. The predicted molar refractivity (Wildman–Crippen MR) is 93.9 cm³/mol. The number of nitrogens with two attached hydrogens (primary N) is 1. The molecular formula is C18H20N2O3S. The average Bonchev–Trinajstić information content (AvgIpc) is 2.55. The van der Waals surface area contributed by atoms with Crippen molar-refractivity contribution in [3.8, 4) is 0 Å². The van der Waals surface area contributed by atoms with Gasteiger partial charge in [-0.1, -0.05) is 35.9 Å². The molecule has 0 heterocycles. The van der Waals surface area contributed by atoms with E-state index in [0.29, 0.717) is 5.56 Å². The number of aryl methyl sites for hydroxylation is 1. The van der Waals surface area contributed by atoms with E-state index in [0.717, 1.165) is 11.1 Å². The van der Waals surface area contributed by atoms with Crippen molar-refractivity contribution in [2.24, 2.45) is 5.73 Å². The van der Waals surface area contributed by atoms with Gasteiger partial charge in [0.05, 0.1) is 4.90 Å². The molecule has 2 aromatic rings. The third-order valence-electron chi connectivity index (χ3n) is 3.59. The van der Waals surface area contributed by atoms with Crippen LogP contribution in [0.2, 0.25) is 0 Å². The van der Waals surface area contributed by atoms with Gasteiger partial charge < -0.3 is 5.73 Å². The van der Waals surface area contributed by atoms with E-state index in [-0.39, 0.29) is 18.0 Å². The Morgan fingerprint density at radius 1 is 1.12 bits per heavy atom. The zero-order valence-corrected chi connectivity index (χ0v) is 14.3. The summed E-state index contributed by atoms with van der Waals surface area (Å²) in [6.07, 6.45) is 1.55. The van der Waals surface area contributed by atoms with Crippen LogP contribution in [0.4, 0.5) is 0 Å². The summed E-state index contributed by atoms with van der Waals surface area (Å²) in [4.78, 5) is 11.4. The highest BCUT2D eigenvalue weighted by Crippen LogP contribution is 2.19. The molecule has 2 N–H and O–H groups in total. The van der Waals surface area contributed by atoms with Crippen molar-refractivity contribution in [2.75, 3.05) is 6.54 Å². The van der Waals surface area contributed by atoms with E-state index in [1.54, 1.807) is 54.6 Å². The van der Waals surface area contributed by atoms with Crippen LogP contribution in [-0.2, 0) is 16.6 Å². The molecule has 0 atom stereocenters. The summed E-state index contributed by atoms with van der Waals surface area (Å²) in [5, 5.41) is 0. The molecule has 2 aromatic carbocycles. The molecule has 0 fully saturated rings. The lowest BCUT2D eigenvalue weighted by atomic mass is 10.1. The fraction of sp³-hybridized carbons (Fsp3) is 0.167. The quantitative estimate of drug-likeness (QED) is 0.784. The molecule has 0 spiro atoms. The van der Waals surface area contributed by atoms with E-state index in [1.165, 1.54) is 4.31 Å². The summed E-state index contributed by atoms with van der Waals surface area (Å²) < 4.78 is 27.0. The van der Waals surface area contributed by atoms with Crippen LogP contribution in [0.3, 0.4) is 0 Å². The highest BCUT2D eigenvalue weighted by Gasteiger charge is 2.23. The Morgan fingerprint density at radius 2 is 1.71 bits per heavy atom. The molecule has 0 bridgehead atoms. The maximum absolute atomic E-state index is 12.8. The van der Waals surface area contributed by atoms with E-state index in [1.807, 2.05) is 6.92 Å². The summed E-state index contributed by atoms with van der Waals surface area (Å²) in [6, 6.07) is 13.3.